The summed E-state index contributed by atoms with van der Waals surface area (Å²) >= 11 is 0. The van der Waals surface area contributed by atoms with Gasteiger partial charge in [0.1, 0.15) is 0 Å². The van der Waals surface area contributed by atoms with Gasteiger partial charge < -0.3 is 0 Å². The Labute approximate surface area is 80.2 Å². The molecule has 0 heterocycles. The van der Waals surface area contributed by atoms with E-state index in [0.29, 0.717) is 5.78 Å². The third kappa shape index (κ3) is 1.70. The summed E-state index contributed by atoms with van der Waals surface area (Å²) in [6, 6.07) is 0. The highest BCUT2D eigenvalue weighted by molar-refractivity contribution is 5.93. The molecule has 1 nitrogen and oxygen atoms in total. The molecule has 2 rings (SSSR count). The smallest absolute Gasteiger partial charge is 0.158 e. The van der Waals surface area contributed by atoms with E-state index in [-0.39, 0.29) is 5.92 Å². The molecule has 0 aliphatic heterocycles. The molecule has 2 aliphatic carbocycles. The van der Waals surface area contributed by atoms with Crippen molar-refractivity contribution in [1.29, 1.82) is 0 Å². The van der Waals surface area contributed by atoms with E-state index in [2.05, 4.69) is 13.8 Å². The van der Waals surface area contributed by atoms with Gasteiger partial charge in [-0.15, -0.1) is 0 Å². The van der Waals surface area contributed by atoms with Crippen molar-refractivity contribution in [2.75, 3.05) is 0 Å². The Morgan fingerprint density at radius 1 is 1.31 bits per heavy atom. The van der Waals surface area contributed by atoms with Gasteiger partial charge in [-0.3, -0.25) is 4.79 Å². The Morgan fingerprint density at radius 2 is 2.08 bits per heavy atom. The second kappa shape index (κ2) is 3.28. The molecule has 0 saturated heterocycles. The lowest BCUT2D eigenvalue weighted by Crippen LogP contribution is -2.26. The third-order valence-corrected chi connectivity index (χ3v) is 3.59. The second-order valence-electron chi connectivity index (χ2n) is 4.83. The van der Waals surface area contributed by atoms with Crippen LogP contribution in [-0.2, 0) is 4.79 Å². The number of ketones is 1. The summed E-state index contributed by atoms with van der Waals surface area (Å²) in [5.74, 6) is 2.24. The predicted molar refractivity (Wildman–Crippen MR) is 53.4 cm³/mol. The van der Waals surface area contributed by atoms with Crippen LogP contribution in [0.5, 0.6) is 0 Å². The van der Waals surface area contributed by atoms with Crippen LogP contribution < -0.4 is 0 Å². The van der Waals surface area contributed by atoms with Gasteiger partial charge in [0.25, 0.3) is 0 Å². The van der Waals surface area contributed by atoms with E-state index in [0.717, 1.165) is 18.3 Å². The van der Waals surface area contributed by atoms with E-state index in [1.54, 1.807) is 0 Å². The predicted octanol–water partition coefficient (Wildman–Crippen LogP) is 2.96. The molecule has 1 fully saturated rings. The normalized spacial score (nSPS) is 39.7. The molecule has 0 radical (unpaired) electrons. The van der Waals surface area contributed by atoms with E-state index < -0.39 is 0 Å². The molecule has 0 aromatic carbocycles. The number of carbonyl (C=O) groups is 1. The van der Waals surface area contributed by atoms with Gasteiger partial charge in [-0.1, -0.05) is 19.4 Å². The van der Waals surface area contributed by atoms with Gasteiger partial charge in [-0.05, 0) is 43.6 Å². The number of allylic oxidation sites excluding steroid dienone is 2. The topological polar surface area (TPSA) is 17.1 Å². The quantitative estimate of drug-likeness (QED) is 0.557. The van der Waals surface area contributed by atoms with Crippen molar-refractivity contribution < 1.29 is 4.79 Å². The summed E-state index contributed by atoms with van der Waals surface area (Å²) in [6.07, 6.45) is 6.80. The van der Waals surface area contributed by atoms with E-state index in [1.165, 1.54) is 24.8 Å². The van der Waals surface area contributed by atoms with Crippen molar-refractivity contribution in [3.8, 4) is 0 Å². The monoisotopic (exact) mass is 178 g/mol. The maximum Gasteiger partial charge on any atom is 0.158 e. The van der Waals surface area contributed by atoms with Crippen molar-refractivity contribution in [3.05, 3.63) is 11.6 Å². The summed E-state index contributed by atoms with van der Waals surface area (Å²) in [4.78, 5) is 11.5. The lowest BCUT2D eigenvalue weighted by atomic mass is 9.71. The lowest BCUT2D eigenvalue weighted by Gasteiger charge is -2.34. The Balaban J connectivity index is 2.17. The molecule has 72 valence electrons. The number of hydrogen-bond donors (Lipinski definition) is 0. The summed E-state index contributed by atoms with van der Waals surface area (Å²) in [7, 11) is 0. The average molecular weight is 178 g/mol. The van der Waals surface area contributed by atoms with Gasteiger partial charge in [0, 0.05) is 5.92 Å². The molecular formula is C12H18O. The number of hydrogen-bond acceptors (Lipinski definition) is 1. The van der Waals surface area contributed by atoms with Crippen LogP contribution in [0.1, 0.15) is 39.5 Å². The van der Waals surface area contributed by atoms with Crippen molar-refractivity contribution in [3.63, 3.8) is 0 Å². The second-order valence-corrected chi connectivity index (χ2v) is 4.83. The van der Waals surface area contributed by atoms with Gasteiger partial charge >= 0.3 is 0 Å². The van der Waals surface area contributed by atoms with Crippen LogP contribution >= 0.6 is 0 Å². The maximum absolute atomic E-state index is 11.5. The molecular weight excluding hydrogens is 160 g/mol. The number of rotatable bonds is 0. The van der Waals surface area contributed by atoms with Crippen molar-refractivity contribution in [2.45, 2.75) is 39.5 Å². The minimum absolute atomic E-state index is 0.277. The van der Waals surface area contributed by atoms with Gasteiger partial charge in [0.15, 0.2) is 5.78 Å². The summed E-state index contributed by atoms with van der Waals surface area (Å²) < 4.78 is 0. The van der Waals surface area contributed by atoms with E-state index in [4.69, 9.17) is 0 Å². The van der Waals surface area contributed by atoms with E-state index in [9.17, 15) is 4.79 Å². The molecule has 0 spiro atoms. The Kier molecular flexibility index (Phi) is 2.27. The highest BCUT2D eigenvalue weighted by Crippen LogP contribution is 2.39. The van der Waals surface area contributed by atoms with Gasteiger partial charge in [0.05, 0.1) is 0 Å². The van der Waals surface area contributed by atoms with Crippen molar-refractivity contribution in [2.24, 2.45) is 17.8 Å². The van der Waals surface area contributed by atoms with Crippen LogP contribution in [-0.4, -0.2) is 5.78 Å². The molecule has 3 unspecified atom stereocenters. The van der Waals surface area contributed by atoms with Crippen LogP contribution in [0, 0.1) is 17.8 Å². The van der Waals surface area contributed by atoms with Crippen LogP contribution in [0.2, 0.25) is 0 Å². The first-order valence-corrected chi connectivity index (χ1v) is 5.41. The minimum Gasteiger partial charge on any atom is -0.295 e. The Bertz CT molecular complexity index is 252. The first kappa shape index (κ1) is 8.98. The molecule has 0 N–H and O–H groups in total. The Hall–Kier alpha value is -0.590. The molecule has 1 heteroatoms. The van der Waals surface area contributed by atoms with Gasteiger partial charge in [0.2, 0.25) is 0 Å². The van der Waals surface area contributed by atoms with Crippen molar-refractivity contribution >= 4 is 5.78 Å². The zero-order valence-electron chi connectivity index (χ0n) is 8.55. The molecule has 0 aromatic rings. The van der Waals surface area contributed by atoms with Crippen LogP contribution in [0.4, 0.5) is 0 Å². The highest BCUT2D eigenvalue weighted by atomic mass is 16.1. The van der Waals surface area contributed by atoms with Crippen LogP contribution in [0.25, 0.3) is 0 Å². The van der Waals surface area contributed by atoms with E-state index >= 15 is 0 Å². The molecule has 13 heavy (non-hydrogen) atoms. The molecule has 0 aromatic heterocycles. The molecule has 3 atom stereocenters. The highest BCUT2D eigenvalue weighted by Gasteiger charge is 2.30. The van der Waals surface area contributed by atoms with E-state index in [1.807, 2.05) is 6.08 Å². The summed E-state index contributed by atoms with van der Waals surface area (Å²) in [5.41, 5.74) is 1.45. The summed E-state index contributed by atoms with van der Waals surface area (Å²) in [5, 5.41) is 0. The van der Waals surface area contributed by atoms with Crippen LogP contribution in [0.15, 0.2) is 11.6 Å². The van der Waals surface area contributed by atoms with Gasteiger partial charge in [-0.2, -0.15) is 0 Å². The van der Waals surface area contributed by atoms with Gasteiger partial charge in [-0.25, -0.2) is 0 Å². The average Bonchev–Trinajstić information content (AvgIpc) is 2.08. The fraction of sp³-hybridized carbons (Fsp3) is 0.750. The van der Waals surface area contributed by atoms with Crippen molar-refractivity contribution in [1.82, 2.24) is 0 Å². The Morgan fingerprint density at radius 3 is 2.85 bits per heavy atom. The summed E-state index contributed by atoms with van der Waals surface area (Å²) in [6.45, 7) is 4.40. The molecule has 0 amide bonds. The minimum atomic E-state index is 0.277. The zero-order valence-corrected chi connectivity index (χ0v) is 8.55. The maximum atomic E-state index is 11.5. The fourth-order valence-electron chi connectivity index (χ4n) is 2.68. The number of carbonyl (C=O) groups excluding carboxylic acids is 1. The largest absolute Gasteiger partial charge is 0.295 e. The first-order valence-electron chi connectivity index (χ1n) is 5.41. The SMILES string of the molecule is CC1CCC2=CC(=O)C(C)CC2C1. The fourth-order valence-corrected chi connectivity index (χ4v) is 2.68. The number of fused-ring (bicyclic) bond motifs is 1. The molecule has 0 bridgehead atoms. The molecule has 2 aliphatic rings. The zero-order chi connectivity index (χ0) is 9.42. The lowest BCUT2D eigenvalue weighted by molar-refractivity contribution is -0.118. The third-order valence-electron chi connectivity index (χ3n) is 3.59. The van der Waals surface area contributed by atoms with Crippen LogP contribution in [0.3, 0.4) is 0 Å². The molecule has 1 saturated carbocycles. The first-order chi connectivity index (χ1) is 6.16. The standard InChI is InChI=1S/C12H18O/c1-8-3-4-10-7-12(13)9(2)6-11(10)5-8/h7-9,11H,3-6H2,1-2H3.